The van der Waals surface area contributed by atoms with Crippen LogP contribution >= 0.6 is 0 Å². The topological polar surface area (TPSA) is 49.7 Å². The van der Waals surface area contributed by atoms with Crippen molar-refractivity contribution in [1.29, 1.82) is 0 Å². The Labute approximate surface area is 68.0 Å². The number of aliphatic hydroxyl groups excluding tert-OH is 1. The summed E-state index contributed by atoms with van der Waals surface area (Å²) in [6, 6.07) is 0. The molecule has 68 valence electrons. The van der Waals surface area contributed by atoms with Gasteiger partial charge in [0.15, 0.2) is 6.29 Å². The lowest BCUT2D eigenvalue weighted by molar-refractivity contribution is -0.159. The standard InChI is InChI=1S/C8H18O3/c1-6(2)7(9)11-5-8(3,4)10/h6-7,9-10H,5H2,1-4H3/t7-/m0/s1. The largest absolute Gasteiger partial charge is 0.388 e. The highest BCUT2D eigenvalue weighted by molar-refractivity contribution is 4.63. The lowest BCUT2D eigenvalue weighted by atomic mass is 10.1. The van der Waals surface area contributed by atoms with E-state index >= 15 is 0 Å². The summed E-state index contributed by atoms with van der Waals surface area (Å²) >= 11 is 0. The normalized spacial score (nSPS) is 15.5. The number of hydrogen-bond acceptors (Lipinski definition) is 3. The quantitative estimate of drug-likeness (QED) is 0.600. The number of hydrogen-bond donors (Lipinski definition) is 2. The average Bonchev–Trinajstić information content (AvgIpc) is 1.80. The van der Waals surface area contributed by atoms with Crippen molar-refractivity contribution in [2.24, 2.45) is 5.92 Å². The molecule has 2 N–H and O–H groups in total. The molecule has 0 saturated heterocycles. The zero-order chi connectivity index (χ0) is 9.07. The first-order valence-electron chi connectivity index (χ1n) is 3.85. The first-order valence-corrected chi connectivity index (χ1v) is 3.85. The molecule has 0 rings (SSSR count). The highest BCUT2D eigenvalue weighted by atomic mass is 16.6. The van der Waals surface area contributed by atoms with Gasteiger partial charge in [-0.25, -0.2) is 0 Å². The summed E-state index contributed by atoms with van der Waals surface area (Å²) in [7, 11) is 0. The Hall–Kier alpha value is -0.120. The molecule has 0 saturated carbocycles. The van der Waals surface area contributed by atoms with Gasteiger partial charge in [0.2, 0.25) is 0 Å². The molecule has 0 unspecified atom stereocenters. The van der Waals surface area contributed by atoms with Crippen LogP contribution in [0.5, 0.6) is 0 Å². The summed E-state index contributed by atoms with van der Waals surface area (Å²) in [6.07, 6.45) is -0.776. The first kappa shape index (κ1) is 10.9. The van der Waals surface area contributed by atoms with Crippen molar-refractivity contribution in [2.75, 3.05) is 6.61 Å². The van der Waals surface area contributed by atoms with Crippen LogP contribution in [0.25, 0.3) is 0 Å². The van der Waals surface area contributed by atoms with E-state index in [-0.39, 0.29) is 12.5 Å². The zero-order valence-corrected chi connectivity index (χ0v) is 7.66. The highest BCUT2D eigenvalue weighted by Gasteiger charge is 2.17. The molecule has 0 aromatic heterocycles. The van der Waals surface area contributed by atoms with E-state index in [1.165, 1.54) is 0 Å². The molecule has 0 radical (unpaired) electrons. The van der Waals surface area contributed by atoms with E-state index in [0.717, 1.165) is 0 Å². The van der Waals surface area contributed by atoms with Crippen molar-refractivity contribution < 1.29 is 14.9 Å². The fourth-order valence-electron chi connectivity index (χ4n) is 0.482. The molecule has 0 fully saturated rings. The second kappa shape index (κ2) is 4.04. The monoisotopic (exact) mass is 162 g/mol. The van der Waals surface area contributed by atoms with Crippen molar-refractivity contribution in [3.05, 3.63) is 0 Å². The maximum atomic E-state index is 9.21. The predicted octanol–water partition coefficient (Wildman–Crippen LogP) is 0.748. The maximum Gasteiger partial charge on any atom is 0.156 e. The number of rotatable bonds is 4. The van der Waals surface area contributed by atoms with E-state index < -0.39 is 11.9 Å². The molecule has 0 spiro atoms. The molecule has 0 aliphatic carbocycles. The van der Waals surface area contributed by atoms with Crippen molar-refractivity contribution in [3.8, 4) is 0 Å². The average molecular weight is 162 g/mol. The second-order valence-corrected chi connectivity index (χ2v) is 3.76. The summed E-state index contributed by atoms with van der Waals surface area (Å²) in [4.78, 5) is 0. The van der Waals surface area contributed by atoms with Gasteiger partial charge in [-0.05, 0) is 13.8 Å². The van der Waals surface area contributed by atoms with Gasteiger partial charge in [-0.2, -0.15) is 0 Å². The lowest BCUT2D eigenvalue weighted by Crippen LogP contribution is -2.31. The molecular formula is C8H18O3. The zero-order valence-electron chi connectivity index (χ0n) is 7.66. The van der Waals surface area contributed by atoms with Gasteiger partial charge in [-0.15, -0.1) is 0 Å². The third-order valence-electron chi connectivity index (χ3n) is 1.18. The van der Waals surface area contributed by atoms with Crippen LogP contribution in [0.15, 0.2) is 0 Å². The van der Waals surface area contributed by atoms with Gasteiger partial charge >= 0.3 is 0 Å². The molecule has 0 amide bonds. The Morgan fingerprint density at radius 2 is 1.82 bits per heavy atom. The van der Waals surface area contributed by atoms with E-state index in [0.29, 0.717) is 0 Å². The van der Waals surface area contributed by atoms with Crippen molar-refractivity contribution in [1.82, 2.24) is 0 Å². The van der Waals surface area contributed by atoms with Gasteiger partial charge in [0, 0.05) is 5.92 Å². The fraction of sp³-hybridized carbons (Fsp3) is 1.00. The first-order chi connectivity index (χ1) is 4.83. The van der Waals surface area contributed by atoms with Gasteiger partial charge < -0.3 is 14.9 Å². The summed E-state index contributed by atoms with van der Waals surface area (Å²) in [6.45, 7) is 7.15. The van der Waals surface area contributed by atoms with Crippen LogP contribution in [0.2, 0.25) is 0 Å². The highest BCUT2D eigenvalue weighted by Crippen LogP contribution is 2.07. The van der Waals surface area contributed by atoms with Gasteiger partial charge in [-0.3, -0.25) is 0 Å². The molecule has 0 heterocycles. The Morgan fingerprint density at radius 3 is 2.09 bits per heavy atom. The number of ether oxygens (including phenoxy) is 1. The molecule has 0 aliphatic rings. The van der Waals surface area contributed by atoms with Gasteiger partial charge in [-0.1, -0.05) is 13.8 Å². The van der Waals surface area contributed by atoms with Crippen LogP contribution in [0.4, 0.5) is 0 Å². The van der Waals surface area contributed by atoms with Gasteiger partial charge in [0.05, 0.1) is 12.2 Å². The molecule has 0 aromatic carbocycles. The van der Waals surface area contributed by atoms with E-state index in [1.54, 1.807) is 13.8 Å². The molecular weight excluding hydrogens is 144 g/mol. The molecule has 3 nitrogen and oxygen atoms in total. The summed E-state index contributed by atoms with van der Waals surface area (Å²) in [5, 5.41) is 18.4. The summed E-state index contributed by atoms with van der Waals surface area (Å²) in [5.74, 6) is 0.0670. The second-order valence-electron chi connectivity index (χ2n) is 3.76. The van der Waals surface area contributed by atoms with Crippen LogP contribution in [0, 0.1) is 5.92 Å². The van der Waals surface area contributed by atoms with Gasteiger partial charge in [0.25, 0.3) is 0 Å². The molecule has 3 heteroatoms. The van der Waals surface area contributed by atoms with Crippen LogP contribution in [-0.2, 0) is 4.74 Å². The van der Waals surface area contributed by atoms with Crippen molar-refractivity contribution in [2.45, 2.75) is 39.6 Å². The lowest BCUT2D eigenvalue weighted by Gasteiger charge is -2.21. The van der Waals surface area contributed by atoms with Crippen molar-refractivity contribution >= 4 is 0 Å². The van der Waals surface area contributed by atoms with Crippen molar-refractivity contribution in [3.63, 3.8) is 0 Å². The van der Waals surface area contributed by atoms with Gasteiger partial charge in [0.1, 0.15) is 0 Å². The summed E-state index contributed by atoms with van der Waals surface area (Å²) < 4.78 is 4.97. The Balaban J connectivity index is 3.54. The molecule has 0 aromatic rings. The fourth-order valence-corrected chi connectivity index (χ4v) is 0.482. The minimum absolute atomic E-state index is 0.0670. The molecule has 0 bridgehead atoms. The Bertz CT molecular complexity index is 104. The van der Waals surface area contributed by atoms with Crippen LogP contribution in [0.3, 0.4) is 0 Å². The number of aliphatic hydroxyl groups is 2. The molecule has 0 aliphatic heterocycles. The van der Waals surface area contributed by atoms with Crippen LogP contribution in [-0.4, -0.2) is 28.7 Å². The van der Waals surface area contributed by atoms with E-state index in [2.05, 4.69) is 0 Å². The minimum Gasteiger partial charge on any atom is -0.388 e. The predicted molar refractivity (Wildman–Crippen MR) is 43.1 cm³/mol. The smallest absolute Gasteiger partial charge is 0.156 e. The summed E-state index contributed by atoms with van der Waals surface area (Å²) in [5.41, 5.74) is -0.865. The maximum absolute atomic E-state index is 9.21. The molecule has 11 heavy (non-hydrogen) atoms. The Kier molecular flexibility index (Phi) is 4.00. The third-order valence-corrected chi connectivity index (χ3v) is 1.18. The van der Waals surface area contributed by atoms with E-state index in [9.17, 15) is 5.11 Å². The molecule has 1 atom stereocenters. The van der Waals surface area contributed by atoms with E-state index in [1.807, 2.05) is 13.8 Å². The van der Waals surface area contributed by atoms with E-state index in [4.69, 9.17) is 9.84 Å². The van der Waals surface area contributed by atoms with Crippen LogP contribution in [0.1, 0.15) is 27.7 Å². The van der Waals surface area contributed by atoms with Crippen LogP contribution < -0.4 is 0 Å². The Morgan fingerprint density at radius 1 is 1.36 bits per heavy atom. The minimum atomic E-state index is -0.865. The third kappa shape index (κ3) is 6.28. The SMILES string of the molecule is CC(C)[C@@H](O)OCC(C)(C)O.